The first-order valence-corrected chi connectivity index (χ1v) is 23.7. The molecular weight excluding hydrogens is 861 g/mol. The molecule has 0 spiro atoms. The van der Waals surface area contributed by atoms with E-state index < -0.39 is 22.8 Å². The number of piperidine rings is 1. The lowest BCUT2D eigenvalue weighted by molar-refractivity contribution is -0.0173. The van der Waals surface area contributed by atoms with Crippen molar-refractivity contribution < 1.29 is 28.8 Å². The van der Waals surface area contributed by atoms with E-state index >= 15 is 4.39 Å². The van der Waals surface area contributed by atoms with Gasteiger partial charge in [-0.2, -0.15) is 0 Å². The molecule has 4 N–H and O–H groups in total. The minimum atomic E-state index is -1.09. The van der Waals surface area contributed by atoms with Gasteiger partial charge in [0.15, 0.2) is 0 Å². The van der Waals surface area contributed by atoms with Gasteiger partial charge in [-0.05, 0) is 152 Å². The number of anilines is 2. The van der Waals surface area contributed by atoms with Gasteiger partial charge in [0.2, 0.25) is 0 Å². The molecule has 10 nitrogen and oxygen atoms in total. The molecule has 5 aromatic carbocycles. The smallest absolute Gasteiger partial charge is 0.274 e. The Labute approximate surface area is 395 Å². The normalized spacial score (nSPS) is 18.8. The molecule has 0 radical (unpaired) electrons. The molecule has 12 heteroatoms. The summed E-state index contributed by atoms with van der Waals surface area (Å²) in [7, 11) is 1.73. The van der Waals surface area contributed by atoms with Crippen LogP contribution in [-0.2, 0) is 19.1 Å². The zero-order valence-electron chi connectivity index (χ0n) is 39.1. The van der Waals surface area contributed by atoms with E-state index in [1.165, 1.54) is 6.07 Å². The highest BCUT2D eigenvalue weighted by Crippen LogP contribution is 2.48. The van der Waals surface area contributed by atoms with E-state index in [0.717, 1.165) is 101 Å². The number of H-pyrrole nitrogens is 1. The van der Waals surface area contributed by atoms with Crippen LogP contribution in [0.2, 0.25) is 0 Å². The number of phenols is 1. The third kappa shape index (κ3) is 8.88. The number of aliphatic hydroxyl groups is 2. The van der Waals surface area contributed by atoms with Crippen molar-refractivity contribution in [2.75, 3.05) is 55.6 Å². The van der Waals surface area contributed by atoms with Gasteiger partial charge in [-0.15, -0.1) is 0 Å². The number of aryl methyl sites for hydroxylation is 3. The van der Waals surface area contributed by atoms with Crippen molar-refractivity contribution in [3.05, 3.63) is 171 Å². The van der Waals surface area contributed by atoms with Gasteiger partial charge in [0.1, 0.15) is 34.4 Å². The van der Waals surface area contributed by atoms with E-state index in [9.17, 15) is 24.5 Å². The lowest BCUT2D eigenvalue weighted by Crippen LogP contribution is -2.55. The minimum Gasteiger partial charge on any atom is -0.508 e. The molecule has 3 aliphatic rings. The van der Waals surface area contributed by atoms with Gasteiger partial charge in [0, 0.05) is 105 Å². The van der Waals surface area contributed by atoms with Crippen LogP contribution < -0.4 is 20.1 Å². The highest BCUT2D eigenvalue weighted by atomic mass is 19.1. The van der Waals surface area contributed by atoms with E-state index in [4.69, 9.17) is 4.74 Å². The number of hydrogen-bond acceptors (Lipinski definition) is 8. The molecule has 352 valence electrons. The van der Waals surface area contributed by atoms with E-state index in [1.54, 1.807) is 43.8 Å². The fraction of sp³-hybridized carbons (Fsp3) is 0.339. The van der Waals surface area contributed by atoms with E-state index in [1.807, 2.05) is 55.6 Å². The number of fused-ring (bicyclic) bond motifs is 2. The number of rotatable bonds is 10. The predicted octanol–water partition coefficient (Wildman–Crippen LogP) is 9.86. The molecule has 2 aromatic heterocycles. The topological polar surface area (TPSA) is 117 Å². The lowest BCUT2D eigenvalue weighted by Gasteiger charge is -2.44. The summed E-state index contributed by atoms with van der Waals surface area (Å²) >= 11 is 0. The number of ether oxygens (including phenoxy) is 1. The molecule has 4 heterocycles. The van der Waals surface area contributed by atoms with Crippen molar-refractivity contribution in [2.24, 2.45) is 7.05 Å². The van der Waals surface area contributed by atoms with Crippen molar-refractivity contribution in [2.45, 2.75) is 69.5 Å². The number of hydrogen-bond donors (Lipinski definition) is 4. The maximum absolute atomic E-state index is 15.2. The van der Waals surface area contributed by atoms with E-state index in [-0.39, 0.29) is 23.1 Å². The first kappa shape index (κ1) is 45.3. The van der Waals surface area contributed by atoms with Crippen LogP contribution in [0, 0.1) is 18.6 Å². The molecule has 68 heavy (non-hydrogen) atoms. The fourth-order valence-electron chi connectivity index (χ4n) is 10.9. The van der Waals surface area contributed by atoms with Gasteiger partial charge in [-0.1, -0.05) is 30.3 Å². The largest absolute Gasteiger partial charge is 0.508 e. The summed E-state index contributed by atoms with van der Waals surface area (Å²) in [6, 6.07) is 31.7. The molecule has 0 bridgehead atoms. The standard InChI is InChI=1S/C56H59F2N5O5/c1-35-29-41(12-18-50(35)68-51-17-8-38(55(2,3)66)31-47(51)48-33-60(4)54(65)53-46(48)19-22-59-53)62-23-20-56(67,21-24-62)34-61-25-27-63(28-26-61)40-10-5-36(6-11-40)52-43-16-13-42(64)30-37(43)7-14-45(52)44-15-9-39(57)32-49(44)58/h5-6,8-13,15-19,22,29-33,45,52,59,64,66-67H,7,14,20-21,23-28,34H2,1-4H3/t45-,52-/m1/s1. The third-order valence-electron chi connectivity index (χ3n) is 14.8. The zero-order chi connectivity index (χ0) is 47.5. The number of pyridine rings is 1. The van der Waals surface area contributed by atoms with Crippen LogP contribution in [0.5, 0.6) is 17.2 Å². The second kappa shape index (κ2) is 17.9. The summed E-state index contributed by atoms with van der Waals surface area (Å²) in [4.78, 5) is 23.1. The molecule has 2 fully saturated rings. The summed E-state index contributed by atoms with van der Waals surface area (Å²) in [5.41, 5.74) is 7.66. The molecule has 1 aliphatic carbocycles. The van der Waals surface area contributed by atoms with Crippen LogP contribution in [0.3, 0.4) is 0 Å². The number of phenolic OH excluding ortho intramolecular Hbond substituents is 1. The van der Waals surface area contributed by atoms with Gasteiger partial charge < -0.3 is 39.4 Å². The highest BCUT2D eigenvalue weighted by molar-refractivity contribution is 5.96. The summed E-state index contributed by atoms with van der Waals surface area (Å²) in [5, 5.41) is 33.8. The Kier molecular flexibility index (Phi) is 11.9. The number of nitrogens with one attached hydrogen (secondary N) is 1. The second-order valence-electron chi connectivity index (χ2n) is 19.8. The summed E-state index contributed by atoms with van der Waals surface area (Å²) in [5.74, 6) is 0.0985. The Bertz CT molecular complexity index is 3050. The van der Waals surface area contributed by atoms with Gasteiger partial charge in [0.05, 0.1) is 11.2 Å². The van der Waals surface area contributed by atoms with Crippen LogP contribution in [0.25, 0.3) is 22.0 Å². The first-order valence-electron chi connectivity index (χ1n) is 23.7. The van der Waals surface area contributed by atoms with Crippen molar-refractivity contribution >= 4 is 22.3 Å². The van der Waals surface area contributed by atoms with Gasteiger partial charge in [-0.3, -0.25) is 9.69 Å². The van der Waals surface area contributed by atoms with Crippen LogP contribution in [-0.4, -0.2) is 81.2 Å². The molecular formula is C56H59F2N5O5. The average Bonchev–Trinajstić information content (AvgIpc) is 3.82. The quantitative estimate of drug-likeness (QED) is 0.107. The molecule has 10 rings (SSSR count). The van der Waals surface area contributed by atoms with Crippen molar-refractivity contribution in [1.82, 2.24) is 14.5 Å². The Balaban J connectivity index is 0.768. The molecule has 2 atom stereocenters. The molecule has 0 saturated carbocycles. The molecule has 2 saturated heterocycles. The number of piperazine rings is 1. The number of benzene rings is 5. The van der Waals surface area contributed by atoms with Crippen LogP contribution in [0.15, 0.2) is 120 Å². The summed E-state index contributed by atoms with van der Waals surface area (Å²) < 4.78 is 37.4. The Morgan fingerprint density at radius 1 is 0.794 bits per heavy atom. The number of β-amino-alcohol motifs (C(OH)–C–C–N with tert-alkyl or cyclic N) is 1. The Hall–Kier alpha value is -6.47. The van der Waals surface area contributed by atoms with Gasteiger partial charge >= 0.3 is 0 Å². The Morgan fingerprint density at radius 3 is 2.22 bits per heavy atom. The maximum atomic E-state index is 15.2. The third-order valence-corrected chi connectivity index (χ3v) is 14.8. The fourth-order valence-corrected chi connectivity index (χ4v) is 10.9. The predicted molar refractivity (Wildman–Crippen MR) is 264 cm³/mol. The number of nitrogens with zero attached hydrogens (tertiary/aromatic N) is 4. The number of aromatic hydroxyl groups is 1. The van der Waals surface area contributed by atoms with E-state index in [0.29, 0.717) is 54.8 Å². The SMILES string of the molecule is Cc1cc(N2CCC(O)(CN3CCN(c4ccc([C@@H]5c6ccc(O)cc6CC[C@@H]5c5ccc(F)cc5F)cc4)CC3)CC2)ccc1Oc1ccc(C(C)(C)O)cc1-c1cn(C)c(=O)c2[nH]ccc12. The van der Waals surface area contributed by atoms with Gasteiger partial charge in [-0.25, -0.2) is 8.78 Å². The van der Waals surface area contributed by atoms with Crippen molar-refractivity contribution in [3.8, 4) is 28.4 Å². The lowest BCUT2D eigenvalue weighted by atomic mass is 9.69. The molecule has 7 aromatic rings. The number of halogens is 2. The monoisotopic (exact) mass is 919 g/mol. The second-order valence-corrected chi connectivity index (χ2v) is 19.8. The van der Waals surface area contributed by atoms with Crippen molar-refractivity contribution in [1.29, 1.82) is 0 Å². The molecule has 2 aliphatic heterocycles. The maximum Gasteiger partial charge on any atom is 0.274 e. The van der Waals surface area contributed by atoms with Gasteiger partial charge in [0.25, 0.3) is 5.56 Å². The van der Waals surface area contributed by atoms with Crippen LogP contribution in [0.1, 0.15) is 78.3 Å². The molecule has 0 amide bonds. The van der Waals surface area contributed by atoms with Crippen LogP contribution >= 0.6 is 0 Å². The van der Waals surface area contributed by atoms with Crippen molar-refractivity contribution in [3.63, 3.8) is 0 Å². The minimum absolute atomic E-state index is 0.122. The number of aromatic amines is 1. The summed E-state index contributed by atoms with van der Waals surface area (Å²) in [6.07, 6.45) is 6.27. The Morgan fingerprint density at radius 2 is 1.50 bits per heavy atom. The highest BCUT2D eigenvalue weighted by Gasteiger charge is 2.37. The summed E-state index contributed by atoms with van der Waals surface area (Å²) in [6.45, 7) is 10.9. The average molecular weight is 920 g/mol. The number of aromatic nitrogens is 2. The van der Waals surface area contributed by atoms with Crippen LogP contribution in [0.4, 0.5) is 20.2 Å². The van der Waals surface area contributed by atoms with E-state index in [2.05, 4.69) is 56.1 Å². The zero-order valence-corrected chi connectivity index (χ0v) is 39.1. The first-order chi connectivity index (χ1) is 32.6. The molecule has 0 unspecified atom stereocenters.